The van der Waals surface area contributed by atoms with Gasteiger partial charge in [-0.15, -0.1) is 0 Å². The molecule has 0 amide bonds. The molecule has 0 radical (unpaired) electrons. The molecule has 1 heterocycles. The van der Waals surface area contributed by atoms with Gasteiger partial charge in [-0.05, 0) is 32.2 Å². The maximum atomic E-state index is 11.6. The molecule has 17 heavy (non-hydrogen) atoms. The first kappa shape index (κ1) is 14.9. The average molecular weight is 284 g/mol. The number of hydrogen-bond donors (Lipinski definition) is 2. The van der Waals surface area contributed by atoms with Crippen molar-refractivity contribution in [2.45, 2.75) is 31.7 Å². The van der Waals surface area contributed by atoms with E-state index in [1.54, 1.807) is 0 Å². The third-order valence-electron chi connectivity index (χ3n) is 2.68. The number of nitrogens with two attached hydrogens (primary N) is 1. The Bertz CT molecular complexity index is 430. The number of hydrogen-bond acceptors (Lipinski definition) is 5. The van der Waals surface area contributed by atoms with Crippen LogP contribution in [-0.2, 0) is 19.9 Å². The molecular formula is C9H20N2O4S2. The van der Waals surface area contributed by atoms with Gasteiger partial charge in [0, 0.05) is 6.04 Å². The lowest BCUT2D eigenvalue weighted by Gasteiger charge is -2.22. The molecule has 0 bridgehead atoms. The largest absolute Gasteiger partial charge is 0.330 e. The van der Waals surface area contributed by atoms with E-state index < -0.39 is 25.9 Å². The smallest absolute Gasteiger partial charge is 0.211 e. The van der Waals surface area contributed by atoms with Crippen LogP contribution in [-0.4, -0.2) is 46.7 Å². The molecular weight excluding hydrogens is 264 g/mol. The Morgan fingerprint density at radius 2 is 2.00 bits per heavy atom. The van der Waals surface area contributed by atoms with Crippen molar-refractivity contribution < 1.29 is 16.8 Å². The van der Waals surface area contributed by atoms with Gasteiger partial charge in [-0.1, -0.05) is 0 Å². The maximum Gasteiger partial charge on any atom is 0.211 e. The molecule has 0 aromatic carbocycles. The van der Waals surface area contributed by atoms with Gasteiger partial charge >= 0.3 is 0 Å². The molecule has 0 saturated carbocycles. The van der Waals surface area contributed by atoms with E-state index in [-0.39, 0.29) is 17.3 Å². The Balaban J connectivity index is 2.47. The highest BCUT2D eigenvalue weighted by molar-refractivity contribution is 7.91. The molecule has 3 N–H and O–H groups in total. The monoisotopic (exact) mass is 284 g/mol. The van der Waals surface area contributed by atoms with Gasteiger partial charge < -0.3 is 5.73 Å². The van der Waals surface area contributed by atoms with Crippen LogP contribution in [0.1, 0.15) is 25.7 Å². The molecule has 1 atom stereocenters. The fourth-order valence-electron chi connectivity index (χ4n) is 1.87. The fourth-order valence-corrected chi connectivity index (χ4v) is 5.02. The summed E-state index contributed by atoms with van der Waals surface area (Å²) in [5, 5.41) is 0. The van der Waals surface area contributed by atoms with E-state index in [0.717, 1.165) is 0 Å². The summed E-state index contributed by atoms with van der Waals surface area (Å²) in [7, 11) is -6.45. The van der Waals surface area contributed by atoms with Crippen LogP contribution in [0.2, 0.25) is 0 Å². The number of unbranched alkanes of at least 4 members (excludes halogenated alkanes) is 1. The summed E-state index contributed by atoms with van der Waals surface area (Å²) >= 11 is 0. The molecule has 0 aromatic heterocycles. The van der Waals surface area contributed by atoms with Gasteiger partial charge in [0.15, 0.2) is 9.84 Å². The van der Waals surface area contributed by atoms with E-state index in [9.17, 15) is 16.8 Å². The molecule has 8 heteroatoms. The van der Waals surface area contributed by atoms with Crippen molar-refractivity contribution in [3.8, 4) is 0 Å². The summed E-state index contributed by atoms with van der Waals surface area (Å²) < 4.78 is 48.4. The van der Waals surface area contributed by atoms with Gasteiger partial charge in [-0.2, -0.15) is 0 Å². The summed E-state index contributed by atoms with van der Waals surface area (Å²) in [6.45, 7) is 0.466. The second kappa shape index (κ2) is 6.12. The van der Waals surface area contributed by atoms with Crippen LogP contribution in [0.5, 0.6) is 0 Å². The minimum Gasteiger partial charge on any atom is -0.330 e. The van der Waals surface area contributed by atoms with Crippen LogP contribution in [0.25, 0.3) is 0 Å². The summed E-state index contributed by atoms with van der Waals surface area (Å²) in [6.07, 6.45) is 2.28. The molecule has 1 saturated heterocycles. The highest BCUT2D eigenvalue weighted by Crippen LogP contribution is 2.13. The van der Waals surface area contributed by atoms with Crippen molar-refractivity contribution in [2.75, 3.05) is 23.8 Å². The minimum absolute atomic E-state index is 0.0146. The van der Waals surface area contributed by atoms with Gasteiger partial charge in [-0.3, -0.25) is 0 Å². The first-order valence-corrected chi connectivity index (χ1v) is 9.22. The lowest BCUT2D eigenvalue weighted by atomic mass is 10.2. The highest BCUT2D eigenvalue weighted by Gasteiger charge is 2.27. The highest BCUT2D eigenvalue weighted by atomic mass is 32.2. The van der Waals surface area contributed by atoms with Crippen LogP contribution in [0.15, 0.2) is 0 Å². The standard InChI is InChI=1S/C9H20N2O4S2/c10-5-1-2-7-17(14,15)11-9-4-3-6-16(12,13)8-9/h9,11H,1-8,10H2. The molecule has 1 unspecified atom stereocenters. The van der Waals surface area contributed by atoms with Gasteiger partial charge in [-0.25, -0.2) is 21.6 Å². The number of rotatable bonds is 6. The van der Waals surface area contributed by atoms with E-state index in [2.05, 4.69) is 4.72 Å². The zero-order chi connectivity index (χ0) is 12.9. The predicted molar refractivity (Wildman–Crippen MR) is 66.9 cm³/mol. The van der Waals surface area contributed by atoms with Gasteiger partial charge in [0.25, 0.3) is 0 Å². The minimum atomic E-state index is -3.37. The molecule has 0 aromatic rings. The fraction of sp³-hybridized carbons (Fsp3) is 1.00. The van der Waals surface area contributed by atoms with E-state index >= 15 is 0 Å². The van der Waals surface area contributed by atoms with Crippen LogP contribution >= 0.6 is 0 Å². The van der Waals surface area contributed by atoms with Crippen molar-refractivity contribution in [3.05, 3.63) is 0 Å². The summed E-state index contributed by atoms with van der Waals surface area (Å²) in [5.74, 6) is 0.0995. The first-order chi connectivity index (χ1) is 7.85. The van der Waals surface area contributed by atoms with Crippen LogP contribution < -0.4 is 10.5 Å². The van der Waals surface area contributed by atoms with E-state index in [1.165, 1.54) is 0 Å². The molecule has 1 aliphatic rings. The van der Waals surface area contributed by atoms with Crippen LogP contribution in [0, 0.1) is 0 Å². The Hall–Kier alpha value is -0.180. The van der Waals surface area contributed by atoms with Crippen molar-refractivity contribution in [1.29, 1.82) is 0 Å². The number of sulfonamides is 1. The van der Waals surface area contributed by atoms with Crippen molar-refractivity contribution >= 4 is 19.9 Å². The SMILES string of the molecule is NCCCCS(=O)(=O)NC1CCCS(=O)(=O)C1. The Morgan fingerprint density at radius 3 is 2.59 bits per heavy atom. The second-order valence-electron chi connectivity index (χ2n) is 4.39. The summed E-state index contributed by atoms with van der Waals surface area (Å²) in [6, 6.07) is -0.461. The van der Waals surface area contributed by atoms with Gasteiger partial charge in [0.2, 0.25) is 10.0 Å². The normalized spacial score (nSPS) is 24.6. The lowest BCUT2D eigenvalue weighted by molar-refractivity contribution is 0.516. The van der Waals surface area contributed by atoms with Crippen molar-refractivity contribution in [2.24, 2.45) is 5.73 Å². The van der Waals surface area contributed by atoms with Gasteiger partial charge in [0.05, 0.1) is 17.3 Å². The van der Waals surface area contributed by atoms with Gasteiger partial charge in [0.1, 0.15) is 0 Å². The number of sulfone groups is 1. The molecule has 1 fully saturated rings. The average Bonchev–Trinajstić information content (AvgIpc) is 2.15. The first-order valence-electron chi connectivity index (χ1n) is 5.75. The molecule has 1 aliphatic heterocycles. The third-order valence-corrected chi connectivity index (χ3v) is 6.02. The number of nitrogens with one attached hydrogen (secondary N) is 1. The lowest BCUT2D eigenvalue weighted by Crippen LogP contribution is -2.44. The molecule has 102 valence electrons. The molecule has 0 aliphatic carbocycles. The molecule has 6 nitrogen and oxygen atoms in total. The summed E-state index contributed by atoms with van der Waals surface area (Å²) in [4.78, 5) is 0. The van der Waals surface area contributed by atoms with Crippen LogP contribution in [0.3, 0.4) is 0 Å². The van der Waals surface area contributed by atoms with Crippen molar-refractivity contribution in [1.82, 2.24) is 4.72 Å². The second-order valence-corrected chi connectivity index (χ2v) is 8.49. The quantitative estimate of drug-likeness (QED) is 0.622. The zero-order valence-electron chi connectivity index (χ0n) is 9.76. The Kier molecular flexibility index (Phi) is 5.36. The topological polar surface area (TPSA) is 106 Å². The van der Waals surface area contributed by atoms with E-state index in [1.807, 2.05) is 0 Å². The Morgan fingerprint density at radius 1 is 1.29 bits per heavy atom. The predicted octanol–water partition coefficient (Wildman–Crippen LogP) is -0.778. The van der Waals surface area contributed by atoms with Crippen LogP contribution in [0.4, 0.5) is 0 Å². The van der Waals surface area contributed by atoms with E-state index in [0.29, 0.717) is 32.2 Å². The maximum absolute atomic E-state index is 11.6. The molecule has 0 spiro atoms. The van der Waals surface area contributed by atoms with E-state index in [4.69, 9.17) is 5.73 Å². The Labute approximate surface area is 103 Å². The zero-order valence-corrected chi connectivity index (χ0v) is 11.4. The van der Waals surface area contributed by atoms with Crippen molar-refractivity contribution in [3.63, 3.8) is 0 Å². The summed E-state index contributed by atoms with van der Waals surface area (Å²) in [5.41, 5.74) is 5.28. The molecule has 1 rings (SSSR count). The third kappa shape index (κ3) is 5.80.